The molecule has 0 aliphatic rings. The Labute approximate surface area is 173 Å². The van der Waals surface area contributed by atoms with Crippen LogP contribution in [0.15, 0.2) is 59.9 Å². The highest BCUT2D eigenvalue weighted by atomic mass is 32.2. The molecule has 1 aromatic heterocycles. The molecule has 0 aliphatic carbocycles. The molecule has 0 saturated carbocycles. The summed E-state index contributed by atoms with van der Waals surface area (Å²) in [5.41, 5.74) is 2.44. The molecule has 0 spiro atoms. The number of carbonyl (C=O) groups is 1. The average molecular weight is 413 g/mol. The van der Waals surface area contributed by atoms with E-state index in [0.717, 1.165) is 17.1 Å². The molecule has 3 aromatic rings. The highest BCUT2D eigenvalue weighted by Gasteiger charge is 2.13. The smallest absolute Gasteiger partial charge is 0.234 e. The van der Waals surface area contributed by atoms with Crippen LogP contribution in [0.1, 0.15) is 11.3 Å². The lowest BCUT2D eigenvalue weighted by atomic mass is 10.2. The fraction of sp³-hybridized carbons (Fsp3) is 0.238. The third-order valence-corrected chi connectivity index (χ3v) is 5.26. The van der Waals surface area contributed by atoms with Crippen molar-refractivity contribution in [3.05, 3.63) is 66.0 Å². The molecule has 7 nitrogen and oxygen atoms in total. The quantitative estimate of drug-likeness (QED) is 0.524. The van der Waals surface area contributed by atoms with Gasteiger partial charge in [-0.15, -0.1) is 0 Å². The first kappa shape index (κ1) is 20.8. The Morgan fingerprint density at radius 3 is 2.28 bits per heavy atom. The van der Waals surface area contributed by atoms with E-state index in [1.807, 2.05) is 28.8 Å². The maximum Gasteiger partial charge on any atom is 0.234 e. The molecular weight excluding hydrogens is 390 g/mol. The number of aliphatic hydroxyl groups excluding tert-OH is 1. The van der Waals surface area contributed by atoms with Gasteiger partial charge >= 0.3 is 0 Å². The largest absolute Gasteiger partial charge is 0.497 e. The molecular formula is C21H23N3O4S. The Morgan fingerprint density at radius 1 is 1.07 bits per heavy atom. The lowest BCUT2D eigenvalue weighted by Crippen LogP contribution is -2.15. The van der Waals surface area contributed by atoms with Crippen LogP contribution in [-0.4, -0.2) is 40.5 Å². The van der Waals surface area contributed by atoms with Gasteiger partial charge in [-0.2, -0.15) is 0 Å². The van der Waals surface area contributed by atoms with Gasteiger partial charge in [-0.05, 0) is 42.0 Å². The number of aliphatic hydroxyl groups is 1. The number of hydrogen-bond acceptors (Lipinski definition) is 6. The summed E-state index contributed by atoms with van der Waals surface area (Å²) in [4.78, 5) is 16.7. The van der Waals surface area contributed by atoms with E-state index in [4.69, 9.17) is 9.47 Å². The van der Waals surface area contributed by atoms with Crippen molar-refractivity contribution in [2.24, 2.45) is 0 Å². The number of thioether (sulfide) groups is 1. The first-order chi connectivity index (χ1) is 14.1. The van der Waals surface area contributed by atoms with Crippen LogP contribution < -0.4 is 14.8 Å². The van der Waals surface area contributed by atoms with Gasteiger partial charge in [0.1, 0.15) is 11.5 Å². The molecule has 0 unspecified atom stereocenters. The summed E-state index contributed by atoms with van der Waals surface area (Å²) in [7, 11) is 3.22. The van der Waals surface area contributed by atoms with Gasteiger partial charge in [0.05, 0.1) is 38.5 Å². The minimum Gasteiger partial charge on any atom is -0.497 e. The highest BCUT2D eigenvalue weighted by Crippen LogP contribution is 2.22. The zero-order chi connectivity index (χ0) is 20.6. The number of hydrogen-bond donors (Lipinski definition) is 2. The SMILES string of the molecule is COc1ccc(Cn2c(CO)cnc2SCC(=O)Nc2ccc(OC)cc2)cc1. The Hall–Kier alpha value is -2.97. The number of nitrogens with one attached hydrogen (secondary N) is 1. The molecule has 0 radical (unpaired) electrons. The zero-order valence-electron chi connectivity index (χ0n) is 16.3. The van der Waals surface area contributed by atoms with Gasteiger partial charge in [-0.3, -0.25) is 4.79 Å². The van der Waals surface area contributed by atoms with Crippen molar-refractivity contribution < 1.29 is 19.4 Å². The molecule has 0 atom stereocenters. The fourth-order valence-corrected chi connectivity index (χ4v) is 3.51. The minimum absolute atomic E-state index is 0.123. The van der Waals surface area contributed by atoms with E-state index in [2.05, 4.69) is 10.3 Å². The summed E-state index contributed by atoms with van der Waals surface area (Å²) in [5, 5.41) is 13.2. The van der Waals surface area contributed by atoms with Crippen LogP contribution in [0, 0.1) is 0 Å². The maximum absolute atomic E-state index is 12.3. The van der Waals surface area contributed by atoms with Gasteiger partial charge in [0.25, 0.3) is 0 Å². The van der Waals surface area contributed by atoms with Gasteiger partial charge in [-0.25, -0.2) is 4.98 Å². The number of nitrogens with zero attached hydrogens (tertiary/aromatic N) is 2. The molecule has 0 aliphatic heterocycles. The summed E-state index contributed by atoms with van der Waals surface area (Å²) < 4.78 is 12.2. The Kier molecular flexibility index (Phi) is 7.15. The maximum atomic E-state index is 12.3. The second-order valence-electron chi connectivity index (χ2n) is 6.19. The van der Waals surface area contributed by atoms with Gasteiger partial charge in [0, 0.05) is 12.2 Å². The molecule has 8 heteroatoms. The van der Waals surface area contributed by atoms with E-state index < -0.39 is 0 Å². The number of benzene rings is 2. The second-order valence-corrected chi connectivity index (χ2v) is 7.13. The number of rotatable bonds is 9. The van der Waals surface area contributed by atoms with Crippen LogP contribution in [0.5, 0.6) is 11.5 Å². The second kappa shape index (κ2) is 9.99. The van der Waals surface area contributed by atoms with Crippen LogP contribution in [0.25, 0.3) is 0 Å². The summed E-state index contributed by atoms with van der Waals surface area (Å²) in [6.45, 7) is 0.421. The summed E-state index contributed by atoms with van der Waals surface area (Å²) >= 11 is 1.32. The van der Waals surface area contributed by atoms with E-state index in [1.54, 1.807) is 44.7 Å². The summed E-state index contributed by atoms with van der Waals surface area (Å²) in [6.07, 6.45) is 1.63. The van der Waals surface area contributed by atoms with Crippen molar-refractivity contribution in [1.29, 1.82) is 0 Å². The zero-order valence-corrected chi connectivity index (χ0v) is 17.1. The van der Waals surface area contributed by atoms with Crippen LogP contribution in [-0.2, 0) is 17.9 Å². The molecule has 2 N–H and O–H groups in total. The van der Waals surface area contributed by atoms with Gasteiger partial charge in [-0.1, -0.05) is 23.9 Å². The third-order valence-electron chi connectivity index (χ3n) is 4.27. The topological polar surface area (TPSA) is 85.6 Å². The van der Waals surface area contributed by atoms with Crippen LogP contribution in [0.3, 0.4) is 0 Å². The number of anilines is 1. The number of ether oxygens (including phenoxy) is 2. The molecule has 1 heterocycles. The molecule has 29 heavy (non-hydrogen) atoms. The van der Waals surface area contributed by atoms with Crippen LogP contribution >= 0.6 is 11.8 Å². The number of carbonyl (C=O) groups excluding carboxylic acids is 1. The fourth-order valence-electron chi connectivity index (χ4n) is 2.72. The molecule has 0 bridgehead atoms. The lowest BCUT2D eigenvalue weighted by molar-refractivity contribution is -0.113. The average Bonchev–Trinajstić information content (AvgIpc) is 3.15. The first-order valence-electron chi connectivity index (χ1n) is 8.98. The van der Waals surface area contributed by atoms with Crippen molar-refractivity contribution in [2.75, 3.05) is 25.3 Å². The van der Waals surface area contributed by atoms with Gasteiger partial charge in [0.15, 0.2) is 5.16 Å². The summed E-state index contributed by atoms with van der Waals surface area (Å²) in [6, 6.07) is 14.9. The predicted molar refractivity (Wildman–Crippen MR) is 113 cm³/mol. The molecule has 0 fully saturated rings. The normalized spacial score (nSPS) is 10.6. The lowest BCUT2D eigenvalue weighted by Gasteiger charge is -2.11. The van der Waals surface area contributed by atoms with Gasteiger partial charge in [0.2, 0.25) is 5.91 Å². The Balaban J connectivity index is 1.63. The van der Waals surface area contributed by atoms with Crippen molar-refractivity contribution in [1.82, 2.24) is 9.55 Å². The third kappa shape index (κ3) is 5.52. The van der Waals surface area contributed by atoms with E-state index in [9.17, 15) is 9.90 Å². The predicted octanol–water partition coefficient (Wildman–Crippen LogP) is 3.17. The summed E-state index contributed by atoms with van der Waals surface area (Å²) in [5.74, 6) is 1.59. The van der Waals surface area contributed by atoms with E-state index in [0.29, 0.717) is 23.1 Å². The number of methoxy groups -OCH3 is 2. The molecule has 0 saturated heterocycles. The monoisotopic (exact) mass is 413 g/mol. The molecule has 152 valence electrons. The Morgan fingerprint density at radius 2 is 1.69 bits per heavy atom. The van der Waals surface area contributed by atoms with Crippen molar-refractivity contribution in [3.63, 3.8) is 0 Å². The number of amides is 1. The molecule has 3 rings (SSSR count). The van der Waals surface area contributed by atoms with Crippen LogP contribution in [0.4, 0.5) is 5.69 Å². The van der Waals surface area contributed by atoms with Crippen molar-refractivity contribution >= 4 is 23.4 Å². The van der Waals surface area contributed by atoms with E-state index in [1.165, 1.54) is 11.8 Å². The molecule has 1 amide bonds. The standard InChI is InChI=1S/C21H23N3O4S/c1-27-18-7-3-15(4-8-18)12-24-17(13-25)11-22-21(24)29-14-20(26)23-16-5-9-19(28-2)10-6-16/h3-11,25H,12-14H2,1-2H3,(H,23,26). The number of imidazole rings is 1. The minimum atomic E-state index is -0.135. The molecule has 2 aromatic carbocycles. The first-order valence-corrected chi connectivity index (χ1v) is 9.96. The number of aromatic nitrogens is 2. The van der Waals surface area contributed by atoms with Crippen LogP contribution in [0.2, 0.25) is 0 Å². The van der Waals surface area contributed by atoms with Crippen molar-refractivity contribution in [2.45, 2.75) is 18.3 Å². The highest BCUT2D eigenvalue weighted by molar-refractivity contribution is 7.99. The van der Waals surface area contributed by atoms with Gasteiger partial charge < -0.3 is 24.5 Å². The van der Waals surface area contributed by atoms with E-state index >= 15 is 0 Å². The van der Waals surface area contributed by atoms with E-state index in [-0.39, 0.29) is 18.3 Å². The Bertz CT molecular complexity index is 940. The van der Waals surface area contributed by atoms with Crippen molar-refractivity contribution in [3.8, 4) is 11.5 Å².